The lowest BCUT2D eigenvalue weighted by Gasteiger charge is -2.26. The van der Waals surface area contributed by atoms with Crippen molar-refractivity contribution in [1.82, 2.24) is 14.9 Å². The normalized spacial score (nSPS) is 14.6. The number of hydrogen-bond donors (Lipinski definition) is 2. The Balaban J connectivity index is 0.00000225. The van der Waals surface area contributed by atoms with Crippen molar-refractivity contribution in [1.29, 1.82) is 5.41 Å². The summed E-state index contributed by atoms with van der Waals surface area (Å²) in [5.74, 6) is 0.744. The van der Waals surface area contributed by atoms with Crippen LogP contribution in [0.25, 0.3) is 11.3 Å². The maximum atomic E-state index is 7.80. The molecule has 2 N–H and O–H groups in total. The van der Waals surface area contributed by atoms with Gasteiger partial charge < -0.3 is 15.6 Å². The number of nitrogens with one attached hydrogen (secondary N) is 2. The van der Waals surface area contributed by atoms with E-state index in [9.17, 15) is 0 Å². The Bertz CT molecular complexity index is 698. The van der Waals surface area contributed by atoms with Gasteiger partial charge in [0.2, 0.25) is 0 Å². The van der Waals surface area contributed by atoms with E-state index in [1.165, 1.54) is 44.1 Å². The van der Waals surface area contributed by atoms with E-state index < -0.39 is 0 Å². The van der Waals surface area contributed by atoms with Crippen LogP contribution in [0.5, 0.6) is 0 Å². The number of aromatic nitrogens is 2. The van der Waals surface area contributed by atoms with Gasteiger partial charge in [0.05, 0.1) is 11.3 Å². The van der Waals surface area contributed by atoms with Crippen LogP contribution in [-0.4, -0.2) is 47.3 Å². The summed E-state index contributed by atoms with van der Waals surface area (Å²) in [4.78, 5) is 11.2. The van der Waals surface area contributed by atoms with Crippen molar-refractivity contribution in [3.05, 3.63) is 41.7 Å². The summed E-state index contributed by atoms with van der Waals surface area (Å²) in [5.41, 5.74) is 3.77. The monoisotopic (exact) mass is 359 g/mol. The summed E-state index contributed by atoms with van der Waals surface area (Å²) in [6.45, 7) is 6.30. The fourth-order valence-electron chi connectivity index (χ4n) is 3.21. The number of anilines is 1. The molecule has 1 aromatic heterocycles. The fraction of sp³-hybridized carbons (Fsp3) is 0.421. The SMILES string of the molecule is Cc1cccc(-c2ncnc(NCCN3CCCCC3)c2C=N)c1.Cl. The molecule has 3 rings (SSSR count). The number of benzene rings is 1. The van der Waals surface area contributed by atoms with Crippen LogP contribution >= 0.6 is 12.4 Å². The largest absolute Gasteiger partial charge is 0.368 e. The molecule has 0 spiro atoms. The zero-order valence-corrected chi connectivity index (χ0v) is 15.5. The first-order valence-corrected chi connectivity index (χ1v) is 8.66. The van der Waals surface area contributed by atoms with E-state index in [1.807, 2.05) is 12.1 Å². The van der Waals surface area contributed by atoms with Crippen molar-refractivity contribution >= 4 is 24.4 Å². The average molecular weight is 360 g/mol. The predicted octanol–water partition coefficient (Wildman–Crippen LogP) is 3.77. The number of halogens is 1. The van der Waals surface area contributed by atoms with E-state index in [0.717, 1.165) is 35.7 Å². The summed E-state index contributed by atoms with van der Waals surface area (Å²) in [6.07, 6.45) is 6.88. The molecule has 134 valence electrons. The van der Waals surface area contributed by atoms with Gasteiger partial charge in [-0.2, -0.15) is 0 Å². The molecule has 0 radical (unpaired) electrons. The third-order valence-corrected chi connectivity index (χ3v) is 4.49. The quantitative estimate of drug-likeness (QED) is 0.770. The summed E-state index contributed by atoms with van der Waals surface area (Å²) < 4.78 is 0. The number of rotatable bonds is 6. The second-order valence-electron chi connectivity index (χ2n) is 6.33. The summed E-state index contributed by atoms with van der Waals surface area (Å²) in [5, 5.41) is 11.2. The van der Waals surface area contributed by atoms with Crippen molar-refractivity contribution < 1.29 is 0 Å². The number of nitrogens with zero attached hydrogens (tertiary/aromatic N) is 3. The van der Waals surface area contributed by atoms with Crippen LogP contribution in [0.3, 0.4) is 0 Å². The molecule has 5 nitrogen and oxygen atoms in total. The van der Waals surface area contributed by atoms with Crippen LogP contribution < -0.4 is 5.32 Å². The van der Waals surface area contributed by atoms with Crippen molar-refractivity contribution in [3.8, 4) is 11.3 Å². The molecule has 2 heterocycles. The Hall–Kier alpha value is -1.98. The fourth-order valence-corrected chi connectivity index (χ4v) is 3.21. The second-order valence-corrected chi connectivity index (χ2v) is 6.33. The molecule has 0 saturated carbocycles. The maximum absolute atomic E-state index is 7.80. The van der Waals surface area contributed by atoms with Crippen molar-refractivity contribution in [2.24, 2.45) is 0 Å². The highest BCUT2D eigenvalue weighted by molar-refractivity contribution is 5.92. The van der Waals surface area contributed by atoms with Crippen molar-refractivity contribution in [2.75, 3.05) is 31.5 Å². The van der Waals surface area contributed by atoms with Gasteiger partial charge in [0, 0.05) is 24.9 Å². The van der Waals surface area contributed by atoms with Gasteiger partial charge in [-0.25, -0.2) is 9.97 Å². The molecule has 0 amide bonds. The van der Waals surface area contributed by atoms with Crippen LogP contribution in [0.2, 0.25) is 0 Å². The van der Waals surface area contributed by atoms with Crippen LogP contribution in [0.4, 0.5) is 5.82 Å². The zero-order chi connectivity index (χ0) is 16.8. The lowest BCUT2D eigenvalue weighted by atomic mass is 10.0. The standard InChI is InChI=1S/C19H25N5.ClH/c1-15-6-5-7-16(12-15)18-17(13-20)19(23-14-22-18)21-8-11-24-9-3-2-4-10-24;/h5-7,12-14,20H,2-4,8-11H2,1H3,(H,21,22,23);1H. The van der Waals surface area contributed by atoms with Gasteiger partial charge in [-0.05, 0) is 38.9 Å². The first kappa shape index (κ1) is 19.3. The highest BCUT2D eigenvalue weighted by Gasteiger charge is 2.13. The highest BCUT2D eigenvalue weighted by atomic mass is 35.5. The zero-order valence-electron chi connectivity index (χ0n) is 14.7. The molecule has 1 fully saturated rings. The summed E-state index contributed by atoms with van der Waals surface area (Å²) in [6, 6.07) is 8.20. The summed E-state index contributed by atoms with van der Waals surface area (Å²) in [7, 11) is 0. The van der Waals surface area contributed by atoms with E-state index in [2.05, 4.69) is 39.2 Å². The van der Waals surface area contributed by atoms with Crippen LogP contribution in [0, 0.1) is 12.3 Å². The summed E-state index contributed by atoms with van der Waals surface area (Å²) >= 11 is 0. The lowest BCUT2D eigenvalue weighted by Crippen LogP contribution is -2.33. The molecule has 0 aliphatic carbocycles. The van der Waals surface area contributed by atoms with Gasteiger partial charge in [0.15, 0.2) is 0 Å². The van der Waals surface area contributed by atoms with Gasteiger partial charge >= 0.3 is 0 Å². The molecule has 1 aromatic carbocycles. The number of likely N-dealkylation sites (tertiary alicyclic amines) is 1. The average Bonchev–Trinajstić information content (AvgIpc) is 2.62. The Labute approximate surface area is 155 Å². The Morgan fingerprint density at radius 3 is 2.72 bits per heavy atom. The van der Waals surface area contributed by atoms with Gasteiger partial charge in [-0.1, -0.05) is 30.2 Å². The van der Waals surface area contributed by atoms with E-state index >= 15 is 0 Å². The molecular formula is C19H26ClN5. The number of piperidine rings is 1. The third-order valence-electron chi connectivity index (χ3n) is 4.49. The Morgan fingerprint density at radius 2 is 2.00 bits per heavy atom. The van der Waals surface area contributed by atoms with Gasteiger partial charge in [-0.3, -0.25) is 0 Å². The minimum Gasteiger partial charge on any atom is -0.368 e. The second kappa shape index (κ2) is 9.49. The smallest absolute Gasteiger partial charge is 0.138 e. The molecule has 1 saturated heterocycles. The molecule has 6 heteroatoms. The van der Waals surface area contributed by atoms with Crippen LogP contribution in [0.15, 0.2) is 30.6 Å². The van der Waals surface area contributed by atoms with Gasteiger partial charge in [-0.15, -0.1) is 12.4 Å². The molecule has 1 aliphatic rings. The van der Waals surface area contributed by atoms with Gasteiger partial charge in [0.1, 0.15) is 12.1 Å². The van der Waals surface area contributed by atoms with Crippen molar-refractivity contribution in [2.45, 2.75) is 26.2 Å². The molecule has 1 aliphatic heterocycles. The number of hydrogen-bond acceptors (Lipinski definition) is 5. The molecule has 25 heavy (non-hydrogen) atoms. The Kier molecular flexibility index (Phi) is 7.34. The minimum atomic E-state index is 0. The molecule has 0 unspecified atom stereocenters. The minimum absolute atomic E-state index is 0. The first-order chi connectivity index (χ1) is 11.8. The van der Waals surface area contributed by atoms with Gasteiger partial charge in [0.25, 0.3) is 0 Å². The van der Waals surface area contributed by atoms with E-state index in [4.69, 9.17) is 5.41 Å². The third kappa shape index (κ3) is 5.00. The highest BCUT2D eigenvalue weighted by Crippen LogP contribution is 2.24. The Morgan fingerprint density at radius 1 is 1.20 bits per heavy atom. The van der Waals surface area contributed by atoms with Crippen molar-refractivity contribution in [3.63, 3.8) is 0 Å². The number of aryl methyl sites for hydroxylation is 1. The maximum Gasteiger partial charge on any atom is 0.138 e. The molecule has 2 aromatic rings. The van der Waals surface area contributed by atoms with E-state index in [-0.39, 0.29) is 12.4 Å². The first-order valence-electron chi connectivity index (χ1n) is 8.66. The molecular weight excluding hydrogens is 334 g/mol. The molecule has 0 bridgehead atoms. The van der Waals surface area contributed by atoms with Crippen LogP contribution in [-0.2, 0) is 0 Å². The molecule has 0 atom stereocenters. The topological polar surface area (TPSA) is 64.9 Å². The predicted molar refractivity (Wildman–Crippen MR) is 106 cm³/mol. The van der Waals surface area contributed by atoms with Crippen LogP contribution in [0.1, 0.15) is 30.4 Å². The van der Waals surface area contributed by atoms with E-state index in [0.29, 0.717) is 0 Å². The lowest BCUT2D eigenvalue weighted by molar-refractivity contribution is 0.237. The van der Waals surface area contributed by atoms with E-state index in [1.54, 1.807) is 6.33 Å².